The van der Waals surface area contributed by atoms with Crippen LogP contribution in [0.2, 0.25) is 0 Å². The zero-order valence-corrected chi connectivity index (χ0v) is 19.5. The SMILES string of the molecule is CCCCCCN1[NH2+]OC(N)=C1c1ccc(C2=C(N)O[NH2+]N2CCCCCC)cc1.[Cl-]. The fourth-order valence-electron chi connectivity index (χ4n) is 3.89. The number of halogens is 1. The van der Waals surface area contributed by atoms with Gasteiger partial charge in [-0.05, 0) is 12.8 Å². The lowest BCUT2D eigenvalue weighted by Crippen LogP contribution is -3.00. The summed E-state index contributed by atoms with van der Waals surface area (Å²) in [7, 11) is 0. The number of unbranched alkanes of at least 4 members (excludes halogenated alkanes) is 6. The summed E-state index contributed by atoms with van der Waals surface area (Å²) in [6, 6.07) is 8.31. The van der Waals surface area contributed by atoms with E-state index in [0.717, 1.165) is 48.5 Å². The molecule has 0 saturated heterocycles. The van der Waals surface area contributed by atoms with Crippen molar-refractivity contribution >= 4 is 11.4 Å². The first-order valence-electron chi connectivity index (χ1n) is 11.3. The van der Waals surface area contributed by atoms with Crippen LogP contribution in [0.15, 0.2) is 36.0 Å². The number of nitrogens with zero attached hydrogens (tertiary/aromatic N) is 2. The van der Waals surface area contributed by atoms with Gasteiger partial charge in [-0.25, -0.2) is 0 Å². The molecule has 0 radical (unpaired) electrons. The molecular formula is C22H38ClN6O2+. The number of rotatable bonds is 12. The topological polar surface area (TPSA) is 110 Å². The van der Waals surface area contributed by atoms with Crippen molar-refractivity contribution in [2.24, 2.45) is 11.5 Å². The highest BCUT2D eigenvalue weighted by atomic mass is 35.5. The molecule has 0 aromatic heterocycles. The minimum absolute atomic E-state index is 0. The van der Waals surface area contributed by atoms with E-state index < -0.39 is 0 Å². The van der Waals surface area contributed by atoms with Crippen LogP contribution in [0.3, 0.4) is 0 Å². The molecular weight excluding hydrogens is 416 g/mol. The molecule has 0 amide bonds. The molecule has 0 bridgehead atoms. The van der Waals surface area contributed by atoms with Crippen LogP contribution in [0.25, 0.3) is 11.4 Å². The minimum atomic E-state index is 0. The molecule has 174 valence electrons. The Morgan fingerprint density at radius 3 is 1.42 bits per heavy atom. The van der Waals surface area contributed by atoms with Gasteiger partial charge in [-0.15, -0.1) is 0 Å². The van der Waals surface area contributed by atoms with Gasteiger partial charge < -0.3 is 23.9 Å². The number of hydrogen-bond acceptors (Lipinski definition) is 6. The Bertz CT molecular complexity index is 690. The molecule has 8 N–H and O–H groups in total. The molecule has 1 aromatic rings. The molecule has 0 saturated carbocycles. The molecule has 3 rings (SSSR count). The van der Waals surface area contributed by atoms with E-state index in [0.29, 0.717) is 11.8 Å². The van der Waals surface area contributed by atoms with Crippen LogP contribution in [0.1, 0.15) is 76.3 Å². The zero-order valence-electron chi connectivity index (χ0n) is 18.8. The summed E-state index contributed by atoms with van der Waals surface area (Å²) in [5.74, 6) is 0.902. The molecule has 0 spiro atoms. The highest BCUT2D eigenvalue weighted by molar-refractivity contribution is 5.70. The number of hydrogen-bond donors (Lipinski definition) is 4. The highest BCUT2D eigenvalue weighted by Crippen LogP contribution is 2.26. The summed E-state index contributed by atoms with van der Waals surface area (Å²) < 4.78 is 0. The zero-order chi connectivity index (χ0) is 21.3. The molecule has 1 aromatic carbocycles. The third-order valence-electron chi connectivity index (χ3n) is 5.59. The molecule has 2 aliphatic rings. The average Bonchev–Trinajstić information content (AvgIpc) is 3.31. The molecule has 0 unspecified atom stereocenters. The number of quaternary nitrogens is 2. The molecule has 0 aliphatic carbocycles. The Kier molecular flexibility index (Phi) is 10.1. The normalized spacial score (nSPS) is 15.9. The largest absolute Gasteiger partial charge is 1.00 e. The second kappa shape index (κ2) is 12.5. The van der Waals surface area contributed by atoms with E-state index in [1.807, 2.05) is 0 Å². The van der Waals surface area contributed by atoms with Crippen LogP contribution in [-0.4, -0.2) is 23.1 Å². The Hall–Kier alpha value is -2.29. The lowest BCUT2D eigenvalue weighted by atomic mass is 10.1. The maximum absolute atomic E-state index is 6.14. The molecule has 0 fully saturated rings. The lowest BCUT2D eigenvalue weighted by molar-refractivity contribution is -0.969. The average molecular weight is 454 g/mol. The van der Waals surface area contributed by atoms with Crippen LogP contribution in [0.5, 0.6) is 0 Å². The maximum Gasteiger partial charge on any atom is 0.286 e. The van der Waals surface area contributed by atoms with Crippen LogP contribution in [0, 0.1) is 0 Å². The minimum Gasteiger partial charge on any atom is -1.00 e. The van der Waals surface area contributed by atoms with Crippen LogP contribution >= 0.6 is 0 Å². The molecule has 9 heteroatoms. The lowest BCUT2D eigenvalue weighted by Gasteiger charge is -2.17. The van der Waals surface area contributed by atoms with Gasteiger partial charge in [-0.2, -0.15) is 10.0 Å². The van der Waals surface area contributed by atoms with Gasteiger partial charge in [0.05, 0.1) is 13.1 Å². The van der Waals surface area contributed by atoms with Crippen molar-refractivity contribution in [2.75, 3.05) is 13.1 Å². The number of benzene rings is 1. The first-order chi connectivity index (χ1) is 14.7. The van der Waals surface area contributed by atoms with Crippen LogP contribution in [-0.2, 0) is 9.68 Å². The van der Waals surface area contributed by atoms with Gasteiger partial charge in [0.2, 0.25) is 0 Å². The maximum atomic E-state index is 6.14. The van der Waals surface area contributed by atoms with E-state index in [-0.39, 0.29) is 12.4 Å². The van der Waals surface area contributed by atoms with Crippen molar-refractivity contribution in [2.45, 2.75) is 65.2 Å². The van der Waals surface area contributed by atoms with Gasteiger partial charge in [-0.3, -0.25) is 9.68 Å². The predicted molar refractivity (Wildman–Crippen MR) is 116 cm³/mol. The summed E-state index contributed by atoms with van der Waals surface area (Å²) in [5.41, 5.74) is 19.7. The van der Waals surface area contributed by atoms with Gasteiger partial charge in [0.1, 0.15) is 0 Å². The van der Waals surface area contributed by atoms with Gasteiger partial charge in [0.15, 0.2) is 11.4 Å². The Labute approximate surface area is 191 Å². The van der Waals surface area contributed by atoms with E-state index in [1.54, 1.807) is 11.2 Å². The monoisotopic (exact) mass is 453 g/mol. The van der Waals surface area contributed by atoms with Crippen molar-refractivity contribution in [3.63, 3.8) is 0 Å². The third-order valence-corrected chi connectivity index (χ3v) is 5.59. The van der Waals surface area contributed by atoms with Crippen molar-refractivity contribution in [1.29, 1.82) is 0 Å². The van der Waals surface area contributed by atoms with E-state index in [1.165, 1.54) is 38.5 Å². The van der Waals surface area contributed by atoms with Crippen molar-refractivity contribution < 1.29 is 33.3 Å². The van der Waals surface area contributed by atoms with Crippen molar-refractivity contribution in [3.05, 3.63) is 47.2 Å². The van der Waals surface area contributed by atoms with Crippen LogP contribution in [0.4, 0.5) is 0 Å². The number of nitrogens with two attached hydrogens (primary N) is 4. The standard InChI is InChI=1S/C22H36N6O2.ClH/c1-3-5-7-9-15-27-19(21(23)29-25-27)17-11-13-18(14-12-17)20-22(24)30-26-28(20)16-10-8-6-4-2;/h11-14,25-26H,3-10,15-16,23-24H2,1-2H3;1H/p+1. The molecule has 8 nitrogen and oxygen atoms in total. The van der Waals surface area contributed by atoms with Crippen molar-refractivity contribution in [1.82, 2.24) is 10.0 Å². The summed E-state index contributed by atoms with van der Waals surface area (Å²) >= 11 is 0. The van der Waals surface area contributed by atoms with Crippen LogP contribution < -0.4 is 35.1 Å². The summed E-state index contributed by atoms with van der Waals surface area (Å²) in [6.07, 6.45) is 9.61. The molecule has 31 heavy (non-hydrogen) atoms. The fourth-order valence-corrected chi connectivity index (χ4v) is 3.89. The van der Waals surface area contributed by atoms with E-state index in [4.69, 9.17) is 21.1 Å². The third kappa shape index (κ3) is 6.35. The van der Waals surface area contributed by atoms with Gasteiger partial charge in [0, 0.05) is 11.1 Å². The second-order valence-electron chi connectivity index (χ2n) is 7.96. The first-order valence-corrected chi connectivity index (χ1v) is 11.3. The fraction of sp³-hybridized carbons (Fsp3) is 0.545. The molecule has 0 atom stereocenters. The Morgan fingerprint density at radius 1 is 0.677 bits per heavy atom. The quantitative estimate of drug-likeness (QED) is 0.226. The Morgan fingerprint density at radius 2 is 1.06 bits per heavy atom. The van der Waals surface area contributed by atoms with Gasteiger partial charge in [-0.1, -0.05) is 87.8 Å². The first kappa shape index (κ1) is 25.0. The van der Waals surface area contributed by atoms with E-state index >= 15 is 0 Å². The molecule has 2 aliphatic heterocycles. The second-order valence-corrected chi connectivity index (χ2v) is 7.96. The Balaban J connectivity index is 0.00000341. The van der Waals surface area contributed by atoms with Crippen molar-refractivity contribution in [3.8, 4) is 0 Å². The van der Waals surface area contributed by atoms with Gasteiger partial charge >= 0.3 is 0 Å². The smallest absolute Gasteiger partial charge is 0.286 e. The van der Waals surface area contributed by atoms with Gasteiger partial charge in [0.25, 0.3) is 11.8 Å². The predicted octanol–water partition coefficient (Wildman–Crippen LogP) is -1.53. The summed E-state index contributed by atoms with van der Waals surface area (Å²) in [5, 5.41) is 4.22. The van der Waals surface area contributed by atoms with E-state index in [2.05, 4.69) is 48.1 Å². The summed E-state index contributed by atoms with van der Waals surface area (Å²) in [6.45, 7) is 6.25. The highest BCUT2D eigenvalue weighted by Gasteiger charge is 2.30. The molecule has 2 heterocycles. The summed E-state index contributed by atoms with van der Waals surface area (Å²) in [4.78, 5) is 11.0. The van der Waals surface area contributed by atoms with E-state index in [9.17, 15) is 0 Å².